The van der Waals surface area contributed by atoms with Crippen LogP contribution in [0.4, 0.5) is 0 Å². The minimum atomic E-state index is -0.792. The number of rotatable bonds is 2. The topological polar surface area (TPSA) is 67.5 Å². The summed E-state index contributed by atoms with van der Waals surface area (Å²) < 4.78 is 5.32. The van der Waals surface area contributed by atoms with Gasteiger partial charge in [0.05, 0.1) is 12.1 Å². The molecule has 4 N–H and O–H groups in total. The fourth-order valence-corrected chi connectivity index (χ4v) is 1.40. The molecule has 0 radical (unpaired) electrons. The smallest absolute Gasteiger partial charge is 0.170 e. The van der Waals surface area contributed by atoms with Gasteiger partial charge in [-0.2, -0.15) is 0 Å². The maximum atomic E-state index is 9.32. The molecule has 1 fully saturated rings. The highest BCUT2D eigenvalue weighted by molar-refractivity contribution is 4.80. The SMILES string of the molecule is CNC(C)[C@@H]1CC[C@@H](N)C(O)O1. The van der Waals surface area contributed by atoms with E-state index in [9.17, 15) is 5.11 Å². The molecule has 4 heteroatoms. The molecule has 0 saturated carbocycles. The highest BCUT2D eigenvalue weighted by Gasteiger charge is 2.29. The Kier molecular flexibility index (Phi) is 3.46. The number of likely N-dealkylation sites (N-methyl/N-ethyl adjacent to an activating group) is 1. The maximum Gasteiger partial charge on any atom is 0.170 e. The van der Waals surface area contributed by atoms with Gasteiger partial charge in [0.15, 0.2) is 6.29 Å². The molecule has 1 aliphatic heterocycles. The normalized spacial score (nSPS) is 39.5. The van der Waals surface area contributed by atoms with Crippen molar-refractivity contribution in [3.8, 4) is 0 Å². The van der Waals surface area contributed by atoms with E-state index in [0.29, 0.717) is 0 Å². The van der Waals surface area contributed by atoms with Crippen LogP contribution in [0.25, 0.3) is 0 Å². The number of aliphatic hydroxyl groups is 1. The summed E-state index contributed by atoms with van der Waals surface area (Å²) in [7, 11) is 1.88. The molecular formula is C8H18N2O2. The predicted octanol–water partition coefficient (Wildman–Crippen LogP) is -0.581. The number of hydrogen-bond donors (Lipinski definition) is 3. The Balaban J connectivity index is 2.39. The van der Waals surface area contributed by atoms with Crippen molar-refractivity contribution in [2.75, 3.05) is 7.05 Å². The van der Waals surface area contributed by atoms with Crippen molar-refractivity contribution in [1.82, 2.24) is 5.32 Å². The van der Waals surface area contributed by atoms with Gasteiger partial charge in [-0.1, -0.05) is 0 Å². The zero-order chi connectivity index (χ0) is 9.14. The van der Waals surface area contributed by atoms with Gasteiger partial charge >= 0.3 is 0 Å². The second kappa shape index (κ2) is 4.18. The first-order valence-electron chi connectivity index (χ1n) is 4.41. The van der Waals surface area contributed by atoms with E-state index in [0.717, 1.165) is 12.8 Å². The lowest BCUT2D eigenvalue weighted by Gasteiger charge is -2.34. The molecule has 2 unspecified atom stereocenters. The van der Waals surface area contributed by atoms with Crippen molar-refractivity contribution >= 4 is 0 Å². The van der Waals surface area contributed by atoms with Gasteiger partial charge in [0.2, 0.25) is 0 Å². The molecule has 0 aromatic heterocycles. The number of nitrogens with one attached hydrogen (secondary N) is 1. The molecule has 0 aromatic carbocycles. The molecule has 0 amide bonds. The van der Waals surface area contributed by atoms with E-state index >= 15 is 0 Å². The first kappa shape index (κ1) is 9.92. The van der Waals surface area contributed by atoms with Crippen molar-refractivity contribution in [2.45, 2.75) is 44.2 Å². The second-order valence-corrected chi connectivity index (χ2v) is 3.38. The number of hydrogen-bond acceptors (Lipinski definition) is 4. The van der Waals surface area contributed by atoms with Gasteiger partial charge < -0.3 is 20.9 Å². The first-order chi connectivity index (χ1) is 5.65. The van der Waals surface area contributed by atoms with Crippen LogP contribution < -0.4 is 11.1 Å². The molecule has 0 aromatic rings. The molecule has 72 valence electrons. The summed E-state index contributed by atoms with van der Waals surface area (Å²) in [6.45, 7) is 2.04. The molecular weight excluding hydrogens is 156 g/mol. The summed E-state index contributed by atoms with van der Waals surface area (Å²) in [5, 5.41) is 12.4. The maximum absolute atomic E-state index is 9.32. The number of aliphatic hydroxyl groups excluding tert-OH is 1. The van der Waals surface area contributed by atoms with E-state index in [1.54, 1.807) is 0 Å². The van der Waals surface area contributed by atoms with Crippen LogP contribution in [0.1, 0.15) is 19.8 Å². The molecule has 4 atom stereocenters. The van der Waals surface area contributed by atoms with E-state index < -0.39 is 6.29 Å². The van der Waals surface area contributed by atoms with Crippen molar-refractivity contribution in [3.05, 3.63) is 0 Å². The molecule has 0 spiro atoms. The van der Waals surface area contributed by atoms with Gasteiger partial charge in [-0.3, -0.25) is 0 Å². The molecule has 0 aliphatic carbocycles. The fraction of sp³-hybridized carbons (Fsp3) is 1.00. The minimum absolute atomic E-state index is 0.0878. The zero-order valence-electron chi connectivity index (χ0n) is 7.66. The molecule has 4 nitrogen and oxygen atoms in total. The lowest BCUT2D eigenvalue weighted by molar-refractivity contribution is -0.178. The third-order valence-electron chi connectivity index (χ3n) is 2.48. The molecule has 1 rings (SSSR count). The Labute approximate surface area is 73.1 Å². The number of nitrogens with two attached hydrogens (primary N) is 1. The lowest BCUT2D eigenvalue weighted by Crippen LogP contribution is -2.49. The quantitative estimate of drug-likeness (QED) is 0.524. The summed E-state index contributed by atoms with van der Waals surface area (Å²) in [6, 6.07) is 0.0532. The second-order valence-electron chi connectivity index (χ2n) is 3.38. The Morgan fingerprint density at radius 3 is 2.75 bits per heavy atom. The summed E-state index contributed by atoms with van der Waals surface area (Å²) in [5.74, 6) is 0. The van der Waals surface area contributed by atoms with E-state index in [1.165, 1.54) is 0 Å². The van der Waals surface area contributed by atoms with Gasteiger partial charge in [-0.15, -0.1) is 0 Å². The van der Waals surface area contributed by atoms with E-state index in [1.807, 2.05) is 14.0 Å². The Bertz CT molecular complexity index is 143. The zero-order valence-corrected chi connectivity index (χ0v) is 7.66. The first-order valence-corrected chi connectivity index (χ1v) is 4.41. The van der Waals surface area contributed by atoms with Crippen molar-refractivity contribution in [1.29, 1.82) is 0 Å². The minimum Gasteiger partial charge on any atom is -0.367 e. The predicted molar refractivity (Wildman–Crippen MR) is 46.6 cm³/mol. The van der Waals surface area contributed by atoms with Crippen LogP contribution in [0.15, 0.2) is 0 Å². The van der Waals surface area contributed by atoms with Crippen LogP contribution in [-0.4, -0.2) is 36.6 Å². The van der Waals surface area contributed by atoms with Crippen LogP contribution in [0.3, 0.4) is 0 Å². The van der Waals surface area contributed by atoms with Crippen LogP contribution in [0.5, 0.6) is 0 Å². The average molecular weight is 174 g/mol. The van der Waals surface area contributed by atoms with Gasteiger partial charge in [-0.05, 0) is 26.8 Å². The van der Waals surface area contributed by atoms with Crippen molar-refractivity contribution in [3.63, 3.8) is 0 Å². The molecule has 1 heterocycles. The average Bonchev–Trinajstić information content (AvgIpc) is 2.08. The van der Waals surface area contributed by atoms with Crippen LogP contribution in [0, 0.1) is 0 Å². The highest BCUT2D eigenvalue weighted by Crippen LogP contribution is 2.18. The van der Waals surface area contributed by atoms with Crippen LogP contribution in [-0.2, 0) is 4.74 Å². The van der Waals surface area contributed by atoms with Gasteiger partial charge in [0.25, 0.3) is 0 Å². The Morgan fingerprint density at radius 1 is 1.58 bits per heavy atom. The fourth-order valence-electron chi connectivity index (χ4n) is 1.40. The molecule has 1 saturated heterocycles. The van der Waals surface area contributed by atoms with Crippen LogP contribution >= 0.6 is 0 Å². The third-order valence-corrected chi connectivity index (χ3v) is 2.48. The monoisotopic (exact) mass is 174 g/mol. The summed E-state index contributed by atoms with van der Waals surface area (Å²) >= 11 is 0. The van der Waals surface area contributed by atoms with E-state index in [4.69, 9.17) is 10.5 Å². The van der Waals surface area contributed by atoms with E-state index in [2.05, 4.69) is 5.32 Å². The van der Waals surface area contributed by atoms with Crippen LogP contribution in [0.2, 0.25) is 0 Å². The van der Waals surface area contributed by atoms with Gasteiger partial charge in [0, 0.05) is 6.04 Å². The third kappa shape index (κ3) is 2.17. The highest BCUT2D eigenvalue weighted by atomic mass is 16.6. The standard InChI is InChI=1S/C8H18N2O2/c1-5(10-2)7-4-3-6(9)8(11)12-7/h5-8,10-11H,3-4,9H2,1-2H3/t5?,6-,7+,8?/m1/s1. The van der Waals surface area contributed by atoms with E-state index in [-0.39, 0.29) is 18.2 Å². The van der Waals surface area contributed by atoms with Gasteiger partial charge in [-0.25, -0.2) is 0 Å². The summed E-state index contributed by atoms with van der Waals surface area (Å²) in [4.78, 5) is 0. The molecule has 0 bridgehead atoms. The molecule has 12 heavy (non-hydrogen) atoms. The summed E-state index contributed by atoms with van der Waals surface area (Å²) in [5.41, 5.74) is 5.59. The van der Waals surface area contributed by atoms with Gasteiger partial charge in [0.1, 0.15) is 0 Å². The lowest BCUT2D eigenvalue weighted by atomic mass is 10.00. The Morgan fingerprint density at radius 2 is 2.25 bits per heavy atom. The van der Waals surface area contributed by atoms with Crippen molar-refractivity contribution < 1.29 is 9.84 Å². The molecule has 1 aliphatic rings. The largest absolute Gasteiger partial charge is 0.367 e. The Hall–Kier alpha value is -0.160. The summed E-state index contributed by atoms with van der Waals surface area (Å²) in [6.07, 6.45) is 1.04. The van der Waals surface area contributed by atoms with Crippen molar-refractivity contribution in [2.24, 2.45) is 5.73 Å². The number of ether oxygens (including phenoxy) is 1.